The molecule has 0 bridgehead atoms. The van der Waals surface area contributed by atoms with Gasteiger partial charge in [0.05, 0.1) is 11.1 Å². The maximum Gasteiger partial charge on any atom is 0.416 e. The number of halogens is 3. The van der Waals surface area contributed by atoms with Crippen molar-refractivity contribution in [1.29, 1.82) is 0 Å². The van der Waals surface area contributed by atoms with Gasteiger partial charge in [0, 0.05) is 6.42 Å². The second kappa shape index (κ2) is 5.09. The van der Waals surface area contributed by atoms with Gasteiger partial charge in [-0.2, -0.15) is 13.2 Å². The number of hydrogen-bond donors (Lipinski definition) is 1. The average molecular weight is 298 g/mol. The molecule has 1 heterocycles. The lowest BCUT2D eigenvalue weighted by molar-refractivity contribution is -0.137. The summed E-state index contributed by atoms with van der Waals surface area (Å²) in [5, 5.41) is 3.69. The van der Waals surface area contributed by atoms with E-state index in [2.05, 4.69) is 5.16 Å². The van der Waals surface area contributed by atoms with Crippen molar-refractivity contribution in [2.75, 3.05) is 5.73 Å². The molecule has 6 heteroatoms. The van der Waals surface area contributed by atoms with Gasteiger partial charge in [0.25, 0.3) is 0 Å². The van der Waals surface area contributed by atoms with Crippen LogP contribution in [-0.2, 0) is 12.6 Å². The summed E-state index contributed by atoms with van der Waals surface area (Å²) in [5.74, 6) is 0.605. The van der Waals surface area contributed by atoms with E-state index >= 15 is 0 Å². The van der Waals surface area contributed by atoms with Gasteiger partial charge in [0.15, 0.2) is 5.82 Å². The van der Waals surface area contributed by atoms with Gasteiger partial charge in [-0.25, -0.2) is 0 Å². The van der Waals surface area contributed by atoms with Crippen LogP contribution in [0.4, 0.5) is 19.0 Å². The number of benzene rings is 1. The molecule has 2 aromatic rings. The van der Waals surface area contributed by atoms with E-state index in [-0.39, 0.29) is 11.2 Å². The monoisotopic (exact) mass is 298 g/mol. The summed E-state index contributed by atoms with van der Waals surface area (Å²) in [6.07, 6.45) is -3.87. The van der Waals surface area contributed by atoms with E-state index in [1.54, 1.807) is 6.07 Å². The van der Waals surface area contributed by atoms with Crippen LogP contribution in [0.25, 0.3) is 11.1 Å². The van der Waals surface area contributed by atoms with Crippen LogP contribution in [0.1, 0.15) is 32.1 Å². The van der Waals surface area contributed by atoms with Crippen molar-refractivity contribution in [3.05, 3.63) is 35.6 Å². The zero-order valence-electron chi connectivity index (χ0n) is 12.1. The van der Waals surface area contributed by atoms with Gasteiger partial charge in [0.2, 0.25) is 0 Å². The second-order valence-electron chi connectivity index (χ2n) is 6.18. The zero-order chi connectivity index (χ0) is 15.8. The van der Waals surface area contributed by atoms with Crippen LogP contribution in [0, 0.1) is 5.41 Å². The van der Waals surface area contributed by atoms with Crippen LogP contribution < -0.4 is 5.73 Å². The van der Waals surface area contributed by atoms with Crippen molar-refractivity contribution in [3.63, 3.8) is 0 Å². The number of nitrogen functional groups attached to an aromatic ring is 1. The Bertz CT molecular complexity index is 639. The number of anilines is 1. The first-order valence-electron chi connectivity index (χ1n) is 6.49. The van der Waals surface area contributed by atoms with Crippen LogP contribution in [0.5, 0.6) is 0 Å². The van der Waals surface area contributed by atoms with E-state index in [9.17, 15) is 13.2 Å². The summed E-state index contributed by atoms with van der Waals surface area (Å²) >= 11 is 0. The van der Waals surface area contributed by atoms with Crippen LogP contribution in [0.2, 0.25) is 0 Å². The van der Waals surface area contributed by atoms with Gasteiger partial charge >= 0.3 is 6.18 Å². The summed E-state index contributed by atoms with van der Waals surface area (Å²) < 4.78 is 43.6. The first kappa shape index (κ1) is 15.4. The zero-order valence-corrected chi connectivity index (χ0v) is 12.1. The Kier molecular flexibility index (Phi) is 3.74. The fourth-order valence-corrected chi connectivity index (χ4v) is 2.10. The Balaban J connectivity index is 2.50. The van der Waals surface area contributed by atoms with Crippen molar-refractivity contribution in [3.8, 4) is 11.1 Å². The number of nitrogens with two attached hydrogens (primary N) is 1. The summed E-state index contributed by atoms with van der Waals surface area (Å²) in [6.45, 7) is 6.00. The van der Waals surface area contributed by atoms with Gasteiger partial charge in [0.1, 0.15) is 5.76 Å². The molecule has 2 rings (SSSR count). The highest BCUT2D eigenvalue weighted by Crippen LogP contribution is 2.37. The molecule has 3 nitrogen and oxygen atoms in total. The van der Waals surface area contributed by atoms with Gasteiger partial charge in [-0.15, -0.1) is 0 Å². The lowest BCUT2D eigenvalue weighted by Crippen LogP contribution is -2.09. The minimum absolute atomic E-state index is 0.0949. The quantitative estimate of drug-likeness (QED) is 0.886. The lowest BCUT2D eigenvalue weighted by Gasteiger charge is -2.16. The molecule has 1 aromatic carbocycles. The number of aromatic nitrogens is 1. The molecule has 0 aliphatic carbocycles. The number of hydrogen-bond acceptors (Lipinski definition) is 3. The standard InChI is InChI=1S/C15H17F3N2O/c1-14(2,3)8-11-12(13(19)20-21-11)9-5-4-6-10(7-9)15(16,17)18/h4-7H,8H2,1-3H3,(H2,19,20). The third-order valence-corrected chi connectivity index (χ3v) is 2.96. The summed E-state index contributed by atoms with van der Waals surface area (Å²) in [5.41, 5.74) is 5.75. The number of nitrogens with zero attached hydrogens (tertiary/aromatic N) is 1. The summed E-state index contributed by atoms with van der Waals surface area (Å²) in [6, 6.07) is 5.02. The average Bonchev–Trinajstić information content (AvgIpc) is 2.67. The first-order chi connectivity index (χ1) is 9.58. The molecule has 114 valence electrons. The molecule has 0 unspecified atom stereocenters. The maximum absolute atomic E-state index is 12.8. The highest BCUT2D eigenvalue weighted by Gasteiger charge is 2.31. The molecular formula is C15H17F3N2O. The smallest absolute Gasteiger partial charge is 0.380 e. The largest absolute Gasteiger partial charge is 0.416 e. The van der Waals surface area contributed by atoms with Crippen LogP contribution >= 0.6 is 0 Å². The highest BCUT2D eigenvalue weighted by atomic mass is 19.4. The van der Waals surface area contributed by atoms with Gasteiger partial charge in [-0.3, -0.25) is 0 Å². The van der Waals surface area contributed by atoms with E-state index < -0.39 is 11.7 Å². The molecule has 0 atom stereocenters. The van der Waals surface area contributed by atoms with Crippen LogP contribution in [-0.4, -0.2) is 5.16 Å². The van der Waals surface area contributed by atoms with E-state index in [0.717, 1.165) is 12.1 Å². The fraction of sp³-hybridized carbons (Fsp3) is 0.400. The normalized spacial score (nSPS) is 12.7. The first-order valence-corrected chi connectivity index (χ1v) is 6.49. The Morgan fingerprint density at radius 1 is 1.19 bits per heavy atom. The van der Waals surface area contributed by atoms with Crippen LogP contribution in [0.15, 0.2) is 28.8 Å². The number of rotatable bonds is 2. The molecule has 0 amide bonds. The van der Waals surface area contributed by atoms with Crippen molar-refractivity contribution in [1.82, 2.24) is 5.16 Å². The molecule has 21 heavy (non-hydrogen) atoms. The molecule has 0 spiro atoms. The molecule has 1 aromatic heterocycles. The third-order valence-electron chi connectivity index (χ3n) is 2.96. The van der Waals surface area contributed by atoms with Gasteiger partial charge < -0.3 is 10.3 Å². The van der Waals surface area contributed by atoms with E-state index in [1.807, 2.05) is 20.8 Å². The summed E-state index contributed by atoms with van der Waals surface area (Å²) in [4.78, 5) is 0. The highest BCUT2D eigenvalue weighted by molar-refractivity contribution is 5.76. The molecule has 0 aliphatic rings. The van der Waals surface area contributed by atoms with Gasteiger partial charge in [-0.05, 0) is 23.1 Å². The Hall–Kier alpha value is -1.98. The maximum atomic E-state index is 12.8. The fourth-order valence-electron chi connectivity index (χ4n) is 2.10. The van der Waals surface area contributed by atoms with E-state index in [4.69, 9.17) is 10.3 Å². The molecule has 0 radical (unpaired) electrons. The van der Waals surface area contributed by atoms with Crippen molar-refractivity contribution >= 4 is 5.82 Å². The predicted octanol–water partition coefficient (Wildman–Crippen LogP) is 4.53. The molecule has 0 aliphatic heterocycles. The number of alkyl halides is 3. The van der Waals surface area contributed by atoms with Crippen molar-refractivity contribution < 1.29 is 17.7 Å². The lowest BCUT2D eigenvalue weighted by atomic mass is 9.88. The summed E-state index contributed by atoms with van der Waals surface area (Å²) in [7, 11) is 0. The van der Waals surface area contributed by atoms with Gasteiger partial charge in [-0.1, -0.05) is 38.1 Å². The van der Waals surface area contributed by atoms with Crippen molar-refractivity contribution in [2.45, 2.75) is 33.4 Å². The minimum atomic E-state index is -4.40. The molecule has 0 saturated heterocycles. The third kappa shape index (κ3) is 3.56. The minimum Gasteiger partial charge on any atom is -0.380 e. The Morgan fingerprint density at radius 2 is 1.86 bits per heavy atom. The van der Waals surface area contributed by atoms with Crippen LogP contribution in [0.3, 0.4) is 0 Å². The molecule has 2 N–H and O–H groups in total. The Labute approximate surface area is 120 Å². The molecule has 0 saturated carbocycles. The topological polar surface area (TPSA) is 52.0 Å². The Morgan fingerprint density at radius 3 is 2.43 bits per heavy atom. The predicted molar refractivity (Wildman–Crippen MR) is 74.5 cm³/mol. The van der Waals surface area contributed by atoms with E-state index in [1.165, 1.54) is 6.07 Å². The van der Waals surface area contributed by atoms with E-state index in [0.29, 0.717) is 23.3 Å². The molecular weight excluding hydrogens is 281 g/mol. The van der Waals surface area contributed by atoms with Crippen molar-refractivity contribution in [2.24, 2.45) is 5.41 Å². The second-order valence-corrected chi connectivity index (χ2v) is 6.18. The molecule has 0 fully saturated rings. The SMILES string of the molecule is CC(C)(C)Cc1onc(N)c1-c1cccc(C(F)(F)F)c1.